The van der Waals surface area contributed by atoms with Crippen molar-refractivity contribution in [2.45, 2.75) is 39.3 Å². The van der Waals surface area contributed by atoms with Gasteiger partial charge in [0.25, 0.3) is 0 Å². The van der Waals surface area contributed by atoms with Gasteiger partial charge in [0.2, 0.25) is 0 Å². The van der Waals surface area contributed by atoms with Crippen molar-refractivity contribution in [1.82, 2.24) is 0 Å². The molecule has 0 bridgehead atoms. The molecule has 0 aromatic heterocycles. The average Bonchev–Trinajstić information content (AvgIpc) is 2.67. The third kappa shape index (κ3) is 2.41. The second-order valence-electron chi connectivity index (χ2n) is 10.7. The lowest BCUT2D eigenvalue weighted by molar-refractivity contribution is 0.647. The van der Waals surface area contributed by atoms with Crippen LogP contribution < -0.4 is 10.4 Å². The summed E-state index contributed by atoms with van der Waals surface area (Å²) in [6.45, 7) is 14.3. The molecule has 6 rings (SSSR count). The van der Waals surface area contributed by atoms with Crippen molar-refractivity contribution >= 4 is 70.4 Å². The van der Waals surface area contributed by atoms with E-state index in [1.54, 1.807) is 0 Å². The summed E-state index contributed by atoms with van der Waals surface area (Å²) < 4.78 is 13.1. The summed E-state index contributed by atoms with van der Waals surface area (Å²) in [4.78, 5) is 0. The summed E-state index contributed by atoms with van der Waals surface area (Å²) in [5.41, 5.74) is 6.23. The molecule has 2 aliphatic rings. The van der Waals surface area contributed by atoms with E-state index in [4.69, 9.17) is 8.83 Å². The summed E-state index contributed by atoms with van der Waals surface area (Å²) in [7, 11) is -2.92. The molecule has 0 saturated heterocycles. The molecule has 0 atom stereocenters. The minimum absolute atomic E-state index is 0.946. The Kier molecular flexibility index (Phi) is 3.38. The normalized spacial score (nSPS) is 13.7. The van der Waals surface area contributed by atoms with Crippen LogP contribution in [-0.4, -0.2) is 16.1 Å². The van der Waals surface area contributed by atoms with Crippen LogP contribution in [0.5, 0.6) is 0 Å². The fourth-order valence-electron chi connectivity index (χ4n) is 4.75. The maximum Gasteiger partial charge on any atom is 0.136 e. The van der Waals surface area contributed by atoms with Gasteiger partial charge in [-0.1, -0.05) is 73.9 Å². The van der Waals surface area contributed by atoms with Crippen LogP contribution in [0.15, 0.2) is 57.4 Å². The molecule has 0 unspecified atom stereocenters. The van der Waals surface area contributed by atoms with Crippen LogP contribution in [0.3, 0.4) is 0 Å². The van der Waals surface area contributed by atoms with Crippen LogP contribution in [0.25, 0.3) is 55.0 Å². The largest absolute Gasteiger partial charge is 0.456 e. The van der Waals surface area contributed by atoms with Crippen molar-refractivity contribution in [3.8, 4) is 11.1 Å². The Morgan fingerprint density at radius 3 is 1.27 bits per heavy atom. The summed E-state index contributed by atoms with van der Waals surface area (Å²) in [6.07, 6.45) is 0. The van der Waals surface area contributed by atoms with Gasteiger partial charge >= 0.3 is 0 Å². The van der Waals surface area contributed by atoms with E-state index in [-0.39, 0.29) is 0 Å². The zero-order chi connectivity index (χ0) is 21.0. The quantitative estimate of drug-likeness (QED) is 0.167. The molecule has 4 aromatic rings. The fourth-order valence-corrected chi connectivity index (χ4v) is 7.05. The predicted molar refractivity (Wildman–Crippen MR) is 135 cm³/mol. The maximum atomic E-state index is 6.55. The van der Waals surface area contributed by atoms with Crippen LogP contribution in [0.1, 0.15) is 0 Å². The topological polar surface area (TPSA) is 26.3 Å². The van der Waals surface area contributed by atoms with E-state index in [1.807, 2.05) is 0 Å². The minimum Gasteiger partial charge on any atom is -0.456 e. The minimum atomic E-state index is -1.46. The van der Waals surface area contributed by atoms with Crippen LogP contribution in [-0.2, 0) is 0 Å². The van der Waals surface area contributed by atoms with Gasteiger partial charge in [-0.25, -0.2) is 0 Å². The molecule has 0 radical (unpaired) electrons. The molecule has 0 saturated carbocycles. The molecular formula is C26H26O2Si2. The molecule has 2 nitrogen and oxygen atoms in total. The van der Waals surface area contributed by atoms with Crippen molar-refractivity contribution in [2.75, 3.05) is 0 Å². The third-order valence-corrected chi connectivity index (χ3v) is 10.6. The zero-order valence-corrected chi connectivity index (χ0v) is 20.4. The molecule has 0 spiro atoms. The lowest BCUT2D eigenvalue weighted by Crippen LogP contribution is -2.37. The summed E-state index contributed by atoms with van der Waals surface area (Å²) in [6, 6.07) is 18.0. The van der Waals surface area contributed by atoms with Gasteiger partial charge in [0.05, 0.1) is 16.1 Å². The van der Waals surface area contributed by atoms with Crippen molar-refractivity contribution in [2.24, 2.45) is 0 Å². The zero-order valence-electron chi connectivity index (χ0n) is 18.4. The smallest absolute Gasteiger partial charge is 0.136 e. The van der Waals surface area contributed by atoms with Gasteiger partial charge in [-0.15, -0.1) is 0 Å². The Labute approximate surface area is 178 Å². The highest BCUT2D eigenvalue weighted by Gasteiger charge is 2.27. The molecule has 2 aliphatic heterocycles. The van der Waals surface area contributed by atoms with Gasteiger partial charge in [-0.05, 0) is 35.0 Å². The monoisotopic (exact) mass is 426 g/mol. The predicted octanol–water partition coefficient (Wildman–Crippen LogP) is 7.12. The molecule has 2 heterocycles. The van der Waals surface area contributed by atoms with E-state index in [2.05, 4.69) is 87.8 Å². The number of benzene rings is 4. The van der Waals surface area contributed by atoms with E-state index in [0.29, 0.717) is 0 Å². The lowest BCUT2D eigenvalue weighted by atomic mass is 9.90. The van der Waals surface area contributed by atoms with Gasteiger partial charge in [-0.2, -0.15) is 0 Å². The molecule has 30 heavy (non-hydrogen) atoms. The van der Waals surface area contributed by atoms with Gasteiger partial charge in [-0.3, -0.25) is 0 Å². The SMILES string of the molecule is C[Si](C)(C)c1cc2ccc3oc4cc([Si](C)(C)C)cc5ccc6oc(c1)c2c3-c6c54. The van der Waals surface area contributed by atoms with Crippen LogP contribution in [0, 0.1) is 0 Å². The molecule has 0 amide bonds. The standard InChI is InChI=1S/C26H26O2Si2/c1-29(2,3)17-11-15-7-9-20-25-23(15)21(13-17)27-19-10-8-16-12-18(30(4,5)6)14-22(28-20)24(16)26(19)25/h7-14H,1-6H3. The highest BCUT2D eigenvalue weighted by atomic mass is 28.3. The van der Waals surface area contributed by atoms with Crippen molar-refractivity contribution < 1.29 is 8.83 Å². The fraction of sp³-hybridized carbons (Fsp3) is 0.231. The van der Waals surface area contributed by atoms with Crippen molar-refractivity contribution in [1.29, 1.82) is 0 Å². The van der Waals surface area contributed by atoms with E-state index in [1.165, 1.54) is 43.0 Å². The molecular weight excluding hydrogens is 400 g/mol. The summed E-state index contributed by atoms with van der Waals surface area (Å²) >= 11 is 0. The van der Waals surface area contributed by atoms with Gasteiger partial charge in [0.15, 0.2) is 0 Å². The molecule has 4 heteroatoms. The Bertz CT molecular complexity index is 1430. The first-order valence-corrected chi connectivity index (χ1v) is 17.7. The third-order valence-electron chi connectivity index (χ3n) is 6.51. The molecule has 0 aliphatic carbocycles. The van der Waals surface area contributed by atoms with E-state index >= 15 is 0 Å². The number of rotatable bonds is 2. The number of hydrogen-bond acceptors (Lipinski definition) is 2. The van der Waals surface area contributed by atoms with Gasteiger partial charge < -0.3 is 8.83 Å². The van der Waals surface area contributed by atoms with Gasteiger partial charge in [0, 0.05) is 21.9 Å². The first-order chi connectivity index (χ1) is 14.1. The first-order valence-electron chi connectivity index (χ1n) is 10.7. The summed E-state index contributed by atoms with van der Waals surface area (Å²) in [5.74, 6) is 0. The van der Waals surface area contributed by atoms with Crippen LogP contribution >= 0.6 is 0 Å². The lowest BCUT2D eigenvalue weighted by Gasteiger charge is -2.24. The molecule has 4 aromatic carbocycles. The van der Waals surface area contributed by atoms with Crippen LogP contribution in [0.2, 0.25) is 39.3 Å². The molecule has 150 valence electrons. The number of hydrogen-bond donors (Lipinski definition) is 0. The second-order valence-corrected chi connectivity index (χ2v) is 20.9. The maximum absolute atomic E-state index is 6.55. The average molecular weight is 427 g/mol. The second kappa shape index (κ2) is 5.56. The Morgan fingerprint density at radius 1 is 0.500 bits per heavy atom. The highest BCUT2D eigenvalue weighted by molar-refractivity contribution is 6.89. The first kappa shape index (κ1) is 18.2. The van der Waals surface area contributed by atoms with Gasteiger partial charge in [0.1, 0.15) is 22.3 Å². The molecule has 0 N–H and O–H groups in total. The Morgan fingerprint density at radius 2 is 0.900 bits per heavy atom. The van der Waals surface area contributed by atoms with Crippen molar-refractivity contribution in [3.05, 3.63) is 48.5 Å². The Hall–Kier alpha value is -2.57. The van der Waals surface area contributed by atoms with E-state index in [9.17, 15) is 0 Å². The highest BCUT2D eigenvalue weighted by Crippen LogP contribution is 2.47. The summed E-state index contributed by atoms with van der Waals surface area (Å²) in [5, 5.41) is 7.72. The molecule has 0 fully saturated rings. The Balaban J connectivity index is 1.84. The van der Waals surface area contributed by atoms with E-state index < -0.39 is 16.1 Å². The van der Waals surface area contributed by atoms with Crippen molar-refractivity contribution in [3.63, 3.8) is 0 Å². The van der Waals surface area contributed by atoms with E-state index in [0.717, 1.165) is 22.3 Å². The van der Waals surface area contributed by atoms with Crippen LogP contribution in [0.4, 0.5) is 0 Å².